The highest BCUT2D eigenvalue weighted by Crippen LogP contribution is 2.35. The first kappa shape index (κ1) is 19.4. The van der Waals surface area contributed by atoms with Gasteiger partial charge in [-0.2, -0.15) is 13.2 Å². The first-order valence-corrected chi connectivity index (χ1v) is 9.80. The molecule has 0 spiro atoms. The zero-order chi connectivity index (χ0) is 20.4. The minimum Gasteiger partial charge on any atom is -0.349 e. The van der Waals surface area contributed by atoms with E-state index in [1.54, 1.807) is 6.07 Å². The molecule has 1 aliphatic carbocycles. The summed E-state index contributed by atoms with van der Waals surface area (Å²) in [6.45, 7) is 0. The minimum atomic E-state index is -4.44. The number of amides is 1. The van der Waals surface area contributed by atoms with Crippen LogP contribution in [0, 0.1) is 0 Å². The van der Waals surface area contributed by atoms with Crippen molar-refractivity contribution >= 4 is 17.7 Å². The highest BCUT2D eigenvalue weighted by molar-refractivity contribution is 7.99. The van der Waals surface area contributed by atoms with Crippen LogP contribution in [0.3, 0.4) is 0 Å². The predicted molar refractivity (Wildman–Crippen MR) is 104 cm³/mol. The van der Waals surface area contributed by atoms with Crippen LogP contribution >= 0.6 is 11.8 Å². The van der Waals surface area contributed by atoms with Crippen molar-refractivity contribution in [2.45, 2.75) is 35.0 Å². The molecule has 1 amide bonds. The van der Waals surface area contributed by atoms with E-state index >= 15 is 0 Å². The van der Waals surface area contributed by atoms with Gasteiger partial charge in [-0.3, -0.25) is 4.79 Å². The van der Waals surface area contributed by atoms with Crippen molar-refractivity contribution in [1.29, 1.82) is 0 Å². The first-order chi connectivity index (χ1) is 13.9. The van der Waals surface area contributed by atoms with E-state index in [9.17, 15) is 18.0 Å². The van der Waals surface area contributed by atoms with E-state index in [1.165, 1.54) is 12.3 Å². The molecule has 4 rings (SSSR count). The number of carbonyl (C=O) groups is 1. The van der Waals surface area contributed by atoms with E-state index in [4.69, 9.17) is 0 Å². The third kappa shape index (κ3) is 4.76. The summed E-state index contributed by atoms with van der Waals surface area (Å²) < 4.78 is 39.2. The van der Waals surface area contributed by atoms with Gasteiger partial charge in [-0.05, 0) is 31.0 Å². The van der Waals surface area contributed by atoms with Crippen LogP contribution in [-0.4, -0.2) is 21.9 Å². The quantitative estimate of drug-likeness (QED) is 0.582. The Labute approximate surface area is 169 Å². The molecule has 1 fully saturated rings. The van der Waals surface area contributed by atoms with Gasteiger partial charge in [0.15, 0.2) is 5.82 Å². The fourth-order valence-electron chi connectivity index (χ4n) is 2.66. The smallest absolute Gasteiger partial charge is 0.349 e. The number of nitrogens with one attached hydrogen (secondary N) is 1. The standard InChI is InChI=1S/C21H16F3N3OS/c22-21(23,24)14-7-4-8-16(11-14)29-20-17(19(28)26-15-9-10-15)12-25-18(27-20)13-5-2-1-3-6-13/h1-8,11-12,15H,9-10H2,(H,26,28). The molecule has 148 valence electrons. The molecule has 2 aromatic carbocycles. The van der Waals surface area contributed by atoms with Gasteiger partial charge in [0.25, 0.3) is 5.91 Å². The molecular formula is C21H16F3N3OS. The molecule has 29 heavy (non-hydrogen) atoms. The van der Waals surface area contributed by atoms with Crippen LogP contribution < -0.4 is 5.32 Å². The van der Waals surface area contributed by atoms with Gasteiger partial charge in [0.05, 0.1) is 11.1 Å². The highest BCUT2D eigenvalue weighted by Gasteiger charge is 2.31. The summed E-state index contributed by atoms with van der Waals surface area (Å²) in [4.78, 5) is 21.7. The van der Waals surface area contributed by atoms with Gasteiger partial charge in [0, 0.05) is 22.7 Å². The summed E-state index contributed by atoms with van der Waals surface area (Å²) in [6.07, 6.45) is -1.16. The number of alkyl halides is 3. The van der Waals surface area contributed by atoms with Gasteiger partial charge in [0.1, 0.15) is 5.03 Å². The molecule has 0 aliphatic heterocycles. The number of aromatic nitrogens is 2. The fraction of sp³-hybridized carbons (Fsp3) is 0.190. The van der Waals surface area contributed by atoms with Gasteiger partial charge in [-0.25, -0.2) is 9.97 Å². The lowest BCUT2D eigenvalue weighted by Crippen LogP contribution is -2.26. The Balaban J connectivity index is 1.71. The molecule has 1 aliphatic rings. The number of benzene rings is 2. The second kappa shape index (κ2) is 7.87. The van der Waals surface area contributed by atoms with Gasteiger partial charge >= 0.3 is 6.18 Å². The molecule has 1 aromatic heterocycles. The van der Waals surface area contributed by atoms with Crippen LogP contribution in [0.5, 0.6) is 0 Å². The van der Waals surface area contributed by atoms with Crippen molar-refractivity contribution in [3.8, 4) is 11.4 Å². The average Bonchev–Trinajstić information content (AvgIpc) is 3.52. The summed E-state index contributed by atoms with van der Waals surface area (Å²) >= 11 is 1.02. The Morgan fingerprint density at radius 3 is 2.52 bits per heavy atom. The van der Waals surface area contributed by atoms with Crippen molar-refractivity contribution in [3.05, 3.63) is 71.9 Å². The van der Waals surface area contributed by atoms with Crippen molar-refractivity contribution in [3.63, 3.8) is 0 Å². The van der Waals surface area contributed by atoms with Gasteiger partial charge < -0.3 is 5.32 Å². The molecule has 1 saturated carbocycles. The number of nitrogens with zero attached hydrogens (tertiary/aromatic N) is 2. The normalized spacial score (nSPS) is 13.9. The molecule has 4 nitrogen and oxygen atoms in total. The van der Waals surface area contributed by atoms with Crippen LogP contribution in [0.4, 0.5) is 13.2 Å². The Hall–Kier alpha value is -2.87. The van der Waals surface area contributed by atoms with Crippen LogP contribution in [0.15, 0.2) is 70.7 Å². The van der Waals surface area contributed by atoms with Crippen molar-refractivity contribution in [2.75, 3.05) is 0 Å². The predicted octanol–water partition coefficient (Wildman–Crippen LogP) is 5.21. The topological polar surface area (TPSA) is 54.9 Å². The zero-order valence-electron chi connectivity index (χ0n) is 15.1. The summed E-state index contributed by atoms with van der Waals surface area (Å²) in [5.41, 5.74) is 0.260. The van der Waals surface area contributed by atoms with E-state index in [-0.39, 0.29) is 17.5 Å². The Morgan fingerprint density at radius 2 is 1.83 bits per heavy atom. The van der Waals surface area contributed by atoms with Crippen LogP contribution in [-0.2, 0) is 6.18 Å². The maximum Gasteiger partial charge on any atom is 0.416 e. The number of halogens is 3. The molecule has 1 heterocycles. The van der Waals surface area contributed by atoms with Crippen molar-refractivity contribution in [2.24, 2.45) is 0 Å². The molecule has 3 aromatic rings. The van der Waals surface area contributed by atoms with E-state index < -0.39 is 11.7 Å². The summed E-state index contributed by atoms with van der Waals surface area (Å²) in [5.74, 6) is 0.0876. The lowest BCUT2D eigenvalue weighted by atomic mass is 10.2. The van der Waals surface area contributed by atoms with E-state index in [0.29, 0.717) is 15.7 Å². The van der Waals surface area contributed by atoms with Crippen LogP contribution in [0.1, 0.15) is 28.8 Å². The molecule has 8 heteroatoms. The van der Waals surface area contributed by atoms with Gasteiger partial charge in [-0.1, -0.05) is 48.2 Å². The van der Waals surface area contributed by atoms with Crippen LogP contribution in [0.2, 0.25) is 0 Å². The van der Waals surface area contributed by atoms with E-state index in [2.05, 4.69) is 15.3 Å². The number of rotatable bonds is 5. The SMILES string of the molecule is O=C(NC1CC1)c1cnc(-c2ccccc2)nc1Sc1cccc(C(F)(F)F)c1. The summed E-state index contributed by atoms with van der Waals surface area (Å²) in [6, 6.07) is 14.3. The zero-order valence-corrected chi connectivity index (χ0v) is 15.9. The first-order valence-electron chi connectivity index (χ1n) is 8.98. The molecule has 1 N–H and O–H groups in total. The van der Waals surface area contributed by atoms with Crippen LogP contribution in [0.25, 0.3) is 11.4 Å². The lowest BCUT2D eigenvalue weighted by molar-refractivity contribution is -0.137. The summed E-state index contributed by atoms with van der Waals surface area (Å²) in [7, 11) is 0. The Kier molecular flexibility index (Phi) is 5.27. The highest BCUT2D eigenvalue weighted by atomic mass is 32.2. The van der Waals surface area contributed by atoms with Gasteiger partial charge in [0.2, 0.25) is 0 Å². The minimum absolute atomic E-state index is 0.141. The lowest BCUT2D eigenvalue weighted by Gasteiger charge is -2.12. The third-order valence-electron chi connectivity index (χ3n) is 4.32. The van der Waals surface area contributed by atoms with Crippen molar-refractivity contribution in [1.82, 2.24) is 15.3 Å². The Morgan fingerprint density at radius 1 is 1.07 bits per heavy atom. The largest absolute Gasteiger partial charge is 0.416 e. The molecule has 0 saturated heterocycles. The molecular weight excluding hydrogens is 399 g/mol. The van der Waals surface area contributed by atoms with E-state index in [1.807, 2.05) is 30.3 Å². The van der Waals surface area contributed by atoms with E-state index in [0.717, 1.165) is 42.3 Å². The second-order valence-corrected chi connectivity index (χ2v) is 7.72. The third-order valence-corrected chi connectivity index (χ3v) is 5.31. The monoisotopic (exact) mass is 415 g/mol. The van der Waals surface area contributed by atoms with Gasteiger partial charge in [-0.15, -0.1) is 0 Å². The molecule has 0 unspecified atom stereocenters. The maximum absolute atomic E-state index is 13.1. The molecule has 0 bridgehead atoms. The van der Waals surface area contributed by atoms with Crippen molar-refractivity contribution < 1.29 is 18.0 Å². The Bertz CT molecular complexity index is 1040. The second-order valence-electron chi connectivity index (χ2n) is 6.65. The average molecular weight is 415 g/mol. The molecule has 0 atom stereocenters. The maximum atomic E-state index is 13.1. The fourth-order valence-corrected chi connectivity index (χ4v) is 3.61. The number of carbonyl (C=O) groups excluding carboxylic acids is 1. The summed E-state index contributed by atoms with van der Waals surface area (Å²) in [5, 5.41) is 3.19. The number of hydrogen-bond donors (Lipinski definition) is 1. The molecule has 0 radical (unpaired) electrons. The number of hydrogen-bond acceptors (Lipinski definition) is 4.